The Kier molecular flexibility index (Phi) is 3.47. The Morgan fingerprint density at radius 3 is 2.73 bits per heavy atom. The number of carbonyl (C=O) groups is 1. The topological polar surface area (TPSA) is 67.0 Å². The van der Waals surface area contributed by atoms with E-state index in [-0.39, 0.29) is 30.7 Å². The third-order valence-corrected chi connectivity index (χ3v) is 4.49. The highest BCUT2D eigenvalue weighted by molar-refractivity contribution is 5.94. The molecule has 1 aliphatic heterocycles. The predicted molar refractivity (Wildman–Crippen MR) is 71.3 cm³/mol. The van der Waals surface area contributed by atoms with E-state index in [9.17, 15) is 18.0 Å². The van der Waals surface area contributed by atoms with E-state index in [0.29, 0.717) is 6.42 Å². The van der Waals surface area contributed by atoms with Gasteiger partial charge in [0.25, 0.3) is 5.91 Å². The summed E-state index contributed by atoms with van der Waals surface area (Å²) in [4.78, 5) is 12.2. The Morgan fingerprint density at radius 1 is 1.45 bits per heavy atom. The van der Waals surface area contributed by atoms with E-state index in [0.717, 1.165) is 11.3 Å². The largest absolute Gasteiger partial charge is 0.396 e. The van der Waals surface area contributed by atoms with Gasteiger partial charge in [-0.3, -0.25) is 9.89 Å². The average molecular weight is 317 g/mol. The van der Waals surface area contributed by atoms with Crippen molar-refractivity contribution in [2.45, 2.75) is 51.5 Å². The number of aromatic nitrogens is 2. The minimum absolute atomic E-state index is 0.0587. The van der Waals surface area contributed by atoms with Gasteiger partial charge >= 0.3 is 6.18 Å². The van der Waals surface area contributed by atoms with Gasteiger partial charge in [0.15, 0.2) is 5.69 Å². The zero-order valence-electron chi connectivity index (χ0n) is 12.4. The monoisotopic (exact) mass is 317 g/mol. The molecule has 8 heteroatoms. The lowest BCUT2D eigenvalue weighted by molar-refractivity contribution is -0.184. The third kappa shape index (κ3) is 2.49. The predicted octanol–water partition coefficient (Wildman–Crippen LogP) is 2.50. The summed E-state index contributed by atoms with van der Waals surface area (Å²) in [7, 11) is 0. The minimum Gasteiger partial charge on any atom is -0.369 e. The van der Waals surface area contributed by atoms with E-state index >= 15 is 0 Å². The van der Waals surface area contributed by atoms with E-state index in [1.54, 1.807) is 0 Å². The van der Waals surface area contributed by atoms with Crippen molar-refractivity contribution in [2.24, 2.45) is 5.41 Å². The van der Waals surface area contributed by atoms with Gasteiger partial charge < -0.3 is 10.1 Å². The third-order valence-electron chi connectivity index (χ3n) is 4.49. The van der Waals surface area contributed by atoms with Crippen LogP contribution in [0.15, 0.2) is 0 Å². The molecule has 2 aliphatic rings. The van der Waals surface area contributed by atoms with Crippen LogP contribution < -0.4 is 5.32 Å². The number of alkyl halides is 3. The number of H-pyrrole nitrogens is 1. The van der Waals surface area contributed by atoms with Gasteiger partial charge in [0.05, 0.1) is 23.3 Å². The van der Waals surface area contributed by atoms with Gasteiger partial charge in [0.1, 0.15) is 0 Å². The molecule has 22 heavy (non-hydrogen) atoms. The number of hydrogen-bond donors (Lipinski definition) is 2. The molecular weight excluding hydrogens is 299 g/mol. The van der Waals surface area contributed by atoms with E-state index in [1.165, 1.54) is 0 Å². The maximum atomic E-state index is 12.9. The molecule has 2 N–H and O–H groups in total. The molecule has 122 valence electrons. The van der Waals surface area contributed by atoms with Gasteiger partial charge in [0.2, 0.25) is 0 Å². The number of fused-ring (bicyclic) bond motifs is 1. The molecule has 1 aromatic heterocycles. The van der Waals surface area contributed by atoms with Crippen molar-refractivity contribution < 1.29 is 22.7 Å². The molecule has 1 aromatic rings. The first-order valence-corrected chi connectivity index (χ1v) is 7.31. The van der Waals surface area contributed by atoms with Crippen molar-refractivity contribution in [1.29, 1.82) is 0 Å². The van der Waals surface area contributed by atoms with Crippen LogP contribution in [0.1, 0.15) is 54.5 Å². The van der Waals surface area contributed by atoms with E-state index in [1.807, 2.05) is 13.8 Å². The van der Waals surface area contributed by atoms with E-state index in [4.69, 9.17) is 4.74 Å². The SMILES string of the molecule is C[C@@H]1Cc2c(C(=O)NCC3(C(F)(F)F)CC3)n[nH]c2[C@H](C)O1. The summed E-state index contributed by atoms with van der Waals surface area (Å²) < 4.78 is 44.2. The van der Waals surface area contributed by atoms with Crippen molar-refractivity contribution in [1.82, 2.24) is 15.5 Å². The maximum absolute atomic E-state index is 12.9. The first kappa shape index (κ1) is 15.3. The number of carbonyl (C=O) groups excluding carboxylic acids is 1. The van der Waals surface area contributed by atoms with Crippen LogP contribution in [0.2, 0.25) is 0 Å². The summed E-state index contributed by atoms with van der Waals surface area (Å²) in [5, 5.41) is 9.12. The van der Waals surface area contributed by atoms with Crippen LogP contribution in [0, 0.1) is 5.41 Å². The highest BCUT2D eigenvalue weighted by atomic mass is 19.4. The van der Waals surface area contributed by atoms with Crippen LogP contribution in [-0.4, -0.2) is 34.9 Å². The number of nitrogens with zero attached hydrogens (tertiary/aromatic N) is 1. The molecule has 1 saturated carbocycles. The molecule has 1 aliphatic carbocycles. The molecule has 0 saturated heterocycles. The molecule has 2 atom stereocenters. The Bertz CT molecular complexity index is 593. The standard InChI is InChI=1S/C14H18F3N3O2/c1-7-5-9-10(8(2)22-7)19-20-11(9)12(21)18-6-13(3-4-13)14(15,16)17/h7-8H,3-6H2,1-2H3,(H,18,21)(H,19,20)/t7-,8+/m1/s1. The molecular formula is C14H18F3N3O2. The average Bonchev–Trinajstić information content (AvgIpc) is 3.10. The van der Waals surface area contributed by atoms with Crippen LogP contribution in [-0.2, 0) is 11.2 Å². The van der Waals surface area contributed by atoms with Crippen molar-refractivity contribution in [2.75, 3.05) is 6.54 Å². The zero-order chi connectivity index (χ0) is 16.1. The highest BCUT2D eigenvalue weighted by Gasteiger charge is 2.63. The fourth-order valence-electron chi connectivity index (χ4n) is 2.91. The van der Waals surface area contributed by atoms with Gasteiger partial charge in [-0.15, -0.1) is 0 Å². The number of aromatic amines is 1. The number of hydrogen-bond acceptors (Lipinski definition) is 3. The van der Waals surface area contributed by atoms with Crippen LogP contribution in [0.3, 0.4) is 0 Å². The van der Waals surface area contributed by atoms with Gasteiger partial charge in [-0.1, -0.05) is 0 Å². The smallest absolute Gasteiger partial charge is 0.369 e. The lowest BCUT2D eigenvalue weighted by Gasteiger charge is -2.25. The number of halogens is 3. The molecule has 5 nitrogen and oxygen atoms in total. The van der Waals surface area contributed by atoms with Gasteiger partial charge in [-0.05, 0) is 26.7 Å². The zero-order valence-corrected chi connectivity index (χ0v) is 12.4. The summed E-state index contributed by atoms with van der Waals surface area (Å²) in [6.45, 7) is 3.34. The number of rotatable bonds is 3. The Labute approximate surface area is 125 Å². The molecule has 1 amide bonds. The molecule has 0 unspecified atom stereocenters. The molecule has 3 rings (SSSR count). The number of ether oxygens (including phenoxy) is 1. The second kappa shape index (κ2) is 4.97. The quantitative estimate of drug-likeness (QED) is 0.900. The molecule has 0 aromatic carbocycles. The summed E-state index contributed by atoms with van der Waals surface area (Å²) >= 11 is 0. The summed E-state index contributed by atoms with van der Waals surface area (Å²) in [6.07, 6.45) is -3.89. The van der Waals surface area contributed by atoms with E-state index in [2.05, 4.69) is 15.5 Å². The van der Waals surface area contributed by atoms with Crippen LogP contribution in [0.25, 0.3) is 0 Å². The normalized spacial score (nSPS) is 26.4. The lowest BCUT2D eigenvalue weighted by Crippen LogP contribution is -2.38. The van der Waals surface area contributed by atoms with E-state index < -0.39 is 24.0 Å². The minimum atomic E-state index is -4.28. The molecule has 1 fully saturated rings. The summed E-state index contributed by atoms with van der Waals surface area (Å²) in [5.41, 5.74) is -0.112. The molecule has 0 radical (unpaired) electrons. The van der Waals surface area contributed by atoms with Crippen LogP contribution in [0.4, 0.5) is 13.2 Å². The second-order valence-electron chi connectivity index (χ2n) is 6.22. The van der Waals surface area contributed by atoms with Crippen LogP contribution in [0.5, 0.6) is 0 Å². The number of amides is 1. The fraction of sp³-hybridized carbons (Fsp3) is 0.714. The fourth-order valence-corrected chi connectivity index (χ4v) is 2.91. The van der Waals surface area contributed by atoms with Gasteiger partial charge in [-0.25, -0.2) is 0 Å². The number of nitrogens with one attached hydrogen (secondary N) is 2. The molecule has 0 spiro atoms. The second-order valence-corrected chi connectivity index (χ2v) is 6.22. The highest BCUT2D eigenvalue weighted by Crippen LogP contribution is 2.57. The lowest BCUT2D eigenvalue weighted by atomic mass is 9.99. The Hall–Kier alpha value is -1.57. The van der Waals surface area contributed by atoms with Crippen molar-refractivity contribution >= 4 is 5.91 Å². The molecule has 0 bridgehead atoms. The maximum Gasteiger partial charge on any atom is 0.396 e. The summed E-state index contributed by atoms with van der Waals surface area (Å²) in [5.74, 6) is -0.561. The van der Waals surface area contributed by atoms with Gasteiger partial charge in [0, 0.05) is 18.5 Å². The van der Waals surface area contributed by atoms with Crippen molar-refractivity contribution in [3.8, 4) is 0 Å². The Morgan fingerprint density at radius 2 is 2.14 bits per heavy atom. The first-order valence-electron chi connectivity index (χ1n) is 7.31. The Balaban J connectivity index is 1.72. The first-order chi connectivity index (χ1) is 10.2. The van der Waals surface area contributed by atoms with Crippen molar-refractivity contribution in [3.63, 3.8) is 0 Å². The molecule has 2 heterocycles. The van der Waals surface area contributed by atoms with Crippen molar-refractivity contribution in [3.05, 3.63) is 17.0 Å². The summed E-state index contributed by atoms with van der Waals surface area (Å²) in [6, 6.07) is 0. The van der Waals surface area contributed by atoms with Gasteiger partial charge in [-0.2, -0.15) is 18.3 Å². The van der Waals surface area contributed by atoms with Crippen LogP contribution >= 0.6 is 0 Å².